The molecule has 10 heteroatoms. The number of hydrogen-bond acceptors (Lipinski definition) is 6. The standard InChI is InChI=1S/C31H30BrClN4O4/c1-2-40-27-16-20(15-25(33)29(27)41-19-28(38)35-23-11-7-4-8-12-23)18-34-37-30(21-9-5-3-6-10-21)36-26-14-13-22(32)17-24(26)31(37)39/h4,7-8,11-18,21H,2-3,5-6,9-10,19H2,1H3,(H,35,38). The summed E-state index contributed by atoms with van der Waals surface area (Å²) in [6, 6.07) is 18.0. The number of anilines is 1. The van der Waals surface area contributed by atoms with Crippen molar-refractivity contribution in [2.24, 2.45) is 5.10 Å². The van der Waals surface area contributed by atoms with E-state index < -0.39 is 0 Å². The molecule has 0 atom stereocenters. The molecule has 212 valence electrons. The van der Waals surface area contributed by atoms with Gasteiger partial charge in [-0.25, -0.2) is 4.98 Å². The predicted octanol–water partition coefficient (Wildman–Crippen LogP) is 7.16. The van der Waals surface area contributed by atoms with Gasteiger partial charge in [0.2, 0.25) is 0 Å². The van der Waals surface area contributed by atoms with Crippen LogP contribution < -0.4 is 20.3 Å². The van der Waals surface area contributed by atoms with Gasteiger partial charge in [0.05, 0.1) is 28.7 Å². The van der Waals surface area contributed by atoms with Gasteiger partial charge in [0.15, 0.2) is 18.1 Å². The number of fused-ring (bicyclic) bond motifs is 1. The van der Waals surface area contributed by atoms with E-state index in [4.69, 9.17) is 26.1 Å². The predicted molar refractivity (Wildman–Crippen MR) is 166 cm³/mol. The van der Waals surface area contributed by atoms with Gasteiger partial charge in [0.25, 0.3) is 11.5 Å². The van der Waals surface area contributed by atoms with Crippen LogP contribution >= 0.6 is 27.5 Å². The molecule has 1 aromatic heterocycles. The van der Waals surface area contributed by atoms with Crippen molar-refractivity contribution in [3.05, 3.63) is 91.9 Å². The maximum absolute atomic E-state index is 13.6. The summed E-state index contributed by atoms with van der Waals surface area (Å²) >= 11 is 10.0. The van der Waals surface area contributed by atoms with Crippen molar-refractivity contribution in [3.63, 3.8) is 0 Å². The Labute approximate surface area is 251 Å². The zero-order valence-corrected chi connectivity index (χ0v) is 25.0. The number of amides is 1. The lowest BCUT2D eigenvalue weighted by atomic mass is 9.88. The maximum Gasteiger partial charge on any atom is 0.282 e. The van der Waals surface area contributed by atoms with E-state index in [1.807, 2.05) is 37.3 Å². The highest BCUT2D eigenvalue weighted by molar-refractivity contribution is 9.10. The number of rotatable bonds is 9. The first-order valence-electron chi connectivity index (χ1n) is 13.6. The van der Waals surface area contributed by atoms with Crippen LogP contribution in [0.4, 0.5) is 5.69 Å². The summed E-state index contributed by atoms with van der Waals surface area (Å²) in [5.74, 6) is 1.12. The second-order valence-corrected chi connectivity index (χ2v) is 11.1. The highest BCUT2D eigenvalue weighted by atomic mass is 79.9. The second-order valence-electron chi connectivity index (χ2n) is 9.79. The van der Waals surface area contributed by atoms with E-state index in [0.717, 1.165) is 30.2 Å². The number of carbonyl (C=O) groups is 1. The molecule has 0 aliphatic heterocycles. The van der Waals surface area contributed by atoms with Crippen LogP contribution in [0.15, 0.2) is 75.0 Å². The molecule has 5 rings (SSSR count). The Morgan fingerprint density at radius 3 is 2.66 bits per heavy atom. The van der Waals surface area contributed by atoms with Crippen LogP contribution in [0.3, 0.4) is 0 Å². The Balaban J connectivity index is 1.44. The van der Waals surface area contributed by atoms with E-state index >= 15 is 0 Å². The van der Waals surface area contributed by atoms with Crippen LogP contribution in [0.2, 0.25) is 5.02 Å². The molecule has 41 heavy (non-hydrogen) atoms. The van der Waals surface area contributed by atoms with Gasteiger partial charge in [-0.3, -0.25) is 9.59 Å². The summed E-state index contributed by atoms with van der Waals surface area (Å²) in [6.07, 6.45) is 6.88. The van der Waals surface area contributed by atoms with Crippen molar-refractivity contribution in [2.75, 3.05) is 18.5 Å². The zero-order chi connectivity index (χ0) is 28.8. The monoisotopic (exact) mass is 636 g/mol. The van der Waals surface area contributed by atoms with E-state index in [1.165, 1.54) is 11.1 Å². The van der Waals surface area contributed by atoms with E-state index in [-0.39, 0.29) is 34.8 Å². The van der Waals surface area contributed by atoms with Crippen LogP contribution in [-0.2, 0) is 4.79 Å². The first-order valence-corrected chi connectivity index (χ1v) is 14.8. The molecule has 0 unspecified atom stereocenters. The summed E-state index contributed by atoms with van der Waals surface area (Å²) in [5, 5.41) is 8.13. The molecular formula is C31H30BrClN4O4. The molecule has 4 aromatic rings. The van der Waals surface area contributed by atoms with Gasteiger partial charge >= 0.3 is 0 Å². The largest absolute Gasteiger partial charge is 0.490 e. The fourth-order valence-corrected chi connectivity index (χ4v) is 5.58. The molecule has 0 radical (unpaired) electrons. The van der Waals surface area contributed by atoms with E-state index in [2.05, 4.69) is 26.3 Å². The average Bonchev–Trinajstić information content (AvgIpc) is 2.97. The fourth-order valence-electron chi connectivity index (χ4n) is 4.95. The smallest absolute Gasteiger partial charge is 0.282 e. The van der Waals surface area contributed by atoms with Gasteiger partial charge < -0.3 is 14.8 Å². The number of para-hydroxylation sites is 1. The van der Waals surface area contributed by atoms with Crippen LogP contribution in [0.5, 0.6) is 11.5 Å². The average molecular weight is 638 g/mol. The molecule has 0 bridgehead atoms. The first kappa shape index (κ1) is 28.8. The molecule has 1 aliphatic carbocycles. The number of benzene rings is 3. The first-order chi connectivity index (χ1) is 19.9. The lowest BCUT2D eigenvalue weighted by molar-refractivity contribution is -0.118. The molecule has 1 saturated carbocycles. The Hall–Kier alpha value is -3.69. The number of ether oxygens (including phenoxy) is 2. The summed E-state index contributed by atoms with van der Waals surface area (Å²) in [7, 11) is 0. The van der Waals surface area contributed by atoms with Gasteiger partial charge in [0, 0.05) is 16.1 Å². The Bertz CT molecular complexity index is 1640. The van der Waals surface area contributed by atoms with Gasteiger partial charge in [-0.2, -0.15) is 9.78 Å². The highest BCUT2D eigenvalue weighted by Gasteiger charge is 2.23. The second kappa shape index (κ2) is 13.3. The van der Waals surface area contributed by atoms with E-state index in [0.29, 0.717) is 40.3 Å². The third-order valence-corrected chi connectivity index (χ3v) is 7.64. The summed E-state index contributed by atoms with van der Waals surface area (Å²) < 4.78 is 13.8. The Morgan fingerprint density at radius 1 is 1.12 bits per heavy atom. The normalized spacial score (nSPS) is 13.9. The molecule has 1 N–H and O–H groups in total. The molecule has 0 saturated heterocycles. The van der Waals surface area contributed by atoms with Gasteiger partial charge in [-0.1, -0.05) is 65.0 Å². The van der Waals surface area contributed by atoms with Crippen molar-refractivity contribution < 1.29 is 14.3 Å². The summed E-state index contributed by atoms with van der Waals surface area (Å²) in [5.41, 5.74) is 1.70. The van der Waals surface area contributed by atoms with Crippen molar-refractivity contribution in [3.8, 4) is 11.5 Å². The van der Waals surface area contributed by atoms with Crippen LogP contribution in [0, 0.1) is 0 Å². The molecule has 1 heterocycles. The highest BCUT2D eigenvalue weighted by Crippen LogP contribution is 2.37. The van der Waals surface area contributed by atoms with E-state index in [1.54, 1.807) is 36.5 Å². The minimum absolute atomic E-state index is 0.155. The van der Waals surface area contributed by atoms with Crippen molar-refractivity contribution >= 4 is 56.2 Å². The molecule has 0 spiro atoms. The summed E-state index contributed by atoms with van der Waals surface area (Å²) in [4.78, 5) is 30.9. The number of aromatic nitrogens is 2. The van der Waals surface area contributed by atoms with Crippen LogP contribution in [0.25, 0.3) is 10.9 Å². The molecule has 8 nitrogen and oxygen atoms in total. The lowest BCUT2D eigenvalue weighted by Crippen LogP contribution is -2.25. The van der Waals surface area contributed by atoms with Gasteiger partial charge in [-0.15, -0.1) is 0 Å². The number of nitrogens with one attached hydrogen (secondary N) is 1. The number of carbonyl (C=O) groups excluding carboxylic acids is 1. The lowest BCUT2D eigenvalue weighted by Gasteiger charge is -2.22. The topological polar surface area (TPSA) is 94.8 Å². The molecular weight excluding hydrogens is 608 g/mol. The Morgan fingerprint density at radius 2 is 1.90 bits per heavy atom. The van der Waals surface area contributed by atoms with E-state index in [9.17, 15) is 9.59 Å². The van der Waals surface area contributed by atoms with Gasteiger partial charge in [-0.05, 0) is 67.8 Å². The molecule has 1 aliphatic rings. The van der Waals surface area contributed by atoms with Crippen LogP contribution in [-0.4, -0.2) is 35.0 Å². The third-order valence-electron chi connectivity index (χ3n) is 6.86. The molecule has 3 aromatic carbocycles. The minimum Gasteiger partial charge on any atom is -0.490 e. The maximum atomic E-state index is 13.6. The quantitative estimate of drug-likeness (QED) is 0.197. The summed E-state index contributed by atoms with van der Waals surface area (Å²) in [6.45, 7) is 1.95. The van der Waals surface area contributed by atoms with Crippen LogP contribution in [0.1, 0.15) is 56.3 Å². The Kier molecular flexibility index (Phi) is 9.36. The zero-order valence-electron chi connectivity index (χ0n) is 22.6. The number of hydrogen-bond donors (Lipinski definition) is 1. The number of halogens is 2. The SMILES string of the molecule is CCOc1cc(C=Nn2c(C3CCCCC3)nc3ccc(Br)cc3c2=O)cc(Cl)c1OCC(=O)Nc1ccccc1. The van der Waals surface area contributed by atoms with Gasteiger partial charge in [0.1, 0.15) is 5.82 Å². The fraction of sp³-hybridized carbons (Fsp3) is 0.290. The van der Waals surface area contributed by atoms with Crippen molar-refractivity contribution in [2.45, 2.75) is 44.9 Å². The minimum atomic E-state index is -0.328. The third kappa shape index (κ3) is 6.97. The van der Waals surface area contributed by atoms with Crippen molar-refractivity contribution in [1.82, 2.24) is 9.66 Å². The number of nitrogens with zero attached hydrogens (tertiary/aromatic N) is 3. The van der Waals surface area contributed by atoms with Crippen molar-refractivity contribution in [1.29, 1.82) is 0 Å². The molecule has 1 fully saturated rings. The molecule has 1 amide bonds.